The van der Waals surface area contributed by atoms with Gasteiger partial charge in [-0.1, -0.05) is 0 Å². The van der Waals surface area contributed by atoms with E-state index in [0.29, 0.717) is 11.7 Å². The molecule has 2 aromatic rings. The number of phenolic OH excluding ortho intramolecular Hbond substituents is 1. The van der Waals surface area contributed by atoms with Gasteiger partial charge in [-0.3, -0.25) is 0 Å². The topological polar surface area (TPSA) is 45.1 Å². The summed E-state index contributed by atoms with van der Waals surface area (Å²) in [6, 6.07) is 7.32. The van der Waals surface area contributed by atoms with E-state index >= 15 is 0 Å². The van der Waals surface area contributed by atoms with Crippen LogP contribution in [-0.2, 0) is 6.42 Å². The van der Waals surface area contributed by atoms with Crippen LogP contribution >= 0.6 is 11.3 Å². The van der Waals surface area contributed by atoms with Gasteiger partial charge in [0.05, 0.1) is 5.69 Å². The third-order valence-corrected chi connectivity index (χ3v) is 4.82. The second kappa shape index (κ2) is 5.31. The van der Waals surface area contributed by atoms with E-state index in [-0.39, 0.29) is 0 Å². The molecule has 19 heavy (non-hydrogen) atoms. The first-order valence-corrected chi connectivity index (χ1v) is 7.53. The number of aryl methyl sites for hydroxylation is 1. The number of hydrogen-bond acceptors (Lipinski definition) is 4. The lowest BCUT2D eigenvalue weighted by Crippen LogP contribution is -2.20. The Kier molecular flexibility index (Phi) is 3.53. The van der Waals surface area contributed by atoms with Crippen molar-refractivity contribution in [2.24, 2.45) is 0 Å². The molecule has 0 aliphatic heterocycles. The number of phenols is 1. The molecule has 3 nitrogen and oxygen atoms in total. The molecule has 0 radical (unpaired) electrons. The molecule has 0 bridgehead atoms. The Hall–Kier alpha value is -1.39. The molecular formula is C15H18N2OS. The highest BCUT2D eigenvalue weighted by Gasteiger charge is 2.24. The molecule has 1 heterocycles. The zero-order chi connectivity index (χ0) is 13.2. The quantitative estimate of drug-likeness (QED) is 0.903. The molecule has 1 aromatic heterocycles. The highest BCUT2D eigenvalue weighted by Crippen LogP contribution is 2.38. The van der Waals surface area contributed by atoms with Gasteiger partial charge in [0.1, 0.15) is 10.8 Å². The van der Waals surface area contributed by atoms with Crippen molar-refractivity contribution in [2.45, 2.75) is 25.2 Å². The summed E-state index contributed by atoms with van der Waals surface area (Å²) in [6.07, 6.45) is 3.65. The molecule has 1 aliphatic carbocycles. The Bertz CT molecular complexity index is 562. The standard InChI is InChI=1S/C15H18N2OS/c1-16-9-11-3-2-4-13-14(11)17-15(19-13)10-5-7-12(18)8-6-10/h5-8,11,16,18H,2-4,9H2,1H3. The van der Waals surface area contributed by atoms with E-state index in [0.717, 1.165) is 23.5 Å². The van der Waals surface area contributed by atoms with Gasteiger partial charge in [-0.2, -0.15) is 0 Å². The lowest BCUT2D eigenvalue weighted by molar-refractivity contribution is 0.475. The highest BCUT2D eigenvalue weighted by atomic mass is 32.1. The van der Waals surface area contributed by atoms with E-state index in [1.807, 2.05) is 19.2 Å². The van der Waals surface area contributed by atoms with Crippen LogP contribution in [-0.4, -0.2) is 23.7 Å². The van der Waals surface area contributed by atoms with Crippen LogP contribution in [0.4, 0.5) is 0 Å². The lowest BCUT2D eigenvalue weighted by atomic mass is 9.91. The van der Waals surface area contributed by atoms with Crippen LogP contribution in [0.5, 0.6) is 5.75 Å². The summed E-state index contributed by atoms with van der Waals surface area (Å²) in [5.74, 6) is 0.856. The summed E-state index contributed by atoms with van der Waals surface area (Å²) < 4.78 is 0. The maximum Gasteiger partial charge on any atom is 0.123 e. The summed E-state index contributed by atoms with van der Waals surface area (Å²) in [4.78, 5) is 6.29. The number of thiazole rings is 1. The normalized spacial score (nSPS) is 18.3. The average Bonchev–Trinajstić information content (AvgIpc) is 2.85. The fourth-order valence-corrected chi connectivity index (χ4v) is 3.87. The lowest BCUT2D eigenvalue weighted by Gasteiger charge is -2.20. The van der Waals surface area contributed by atoms with Gasteiger partial charge in [0, 0.05) is 22.9 Å². The molecule has 0 amide bonds. The van der Waals surface area contributed by atoms with Gasteiger partial charge in [0.25, 0.3) is 0 Å². The maximum atomic E-state index is 9.35. The smallest absolute Gasteiger partial charge is 0.123 e. The fraction of sp³-hybridized carbons (Fsp3) is 0.400. The molecule has 0 saturated heterocycles. The Morgan fingerprint density at radius 3 is 2.89 bits per heavy atom. The number of aromatic nitrogens is 1. The second-order valence-electron chi connectivity index (χ2n) is 5.02. The number of fused-ring (bicyclic) bond motifs is 1. The molecule has 2 N–H and O–H groups in total. The third-order valence-electron chi connectivity index (χ3n) is 3.64. The molecule has 1 atom stereocenters. The van der Waals surface area contributed by atoms with E-state index in [4.69, 9.17) is 4.98 Å². The molecule has 0 fully saturated rings. The van der Waals surface area contributed by atoms with Crippen LogP contribution in [0.15, 0.2) is 24.3 Å². The first-order chi connectivity index (χ1) is 9.28. The summed E-state index contributed by atoms with van der Waals surface area (Å²) >= 11 is 1.80. The molecule has 0 saturated carbocycles. The zero-order valence-electron chi connectivity index (χ0n) is 11.0. The third kappa shape index (κ3) is 2.51. The van der Waals surface area contributed by atoms with Gasteiger partial charge in [-0.25, -0.2) is 4.98 Å². The molecule has 1 unspecified atom stereocenters. The van der Waals surface area contributed by atoms with E-state index in [1.54, 1.807) is 23.5 Å². The SMILES string of the molecule is CNCC1CCCc2sc(-c3ccc(O)cc3)nc21. The van der Waals surface area contributed by atoms with Crippen molar-refractivity contribution in [1.82, 2.24) is 10.3 Å². The van der Waals surface area contributed by atoms with E-state index in [9.17, 15) is 5.11 Å². The maximum absolute atomic E-state index is 9.35. The second-order valence-corrected chi connectivity index (χ2v) is 6.10. The number of rotatable bonds is 3. The first kappa shape index (κ1) is 12.6. The van der Waals surface area contributed by atoms with Crippen LogP contribution in [0.25, 0.3) is 10.6 Å². The Morgan fingerprint density at radius 2 is 2.16 bits per heavy atom. The molecule has 0 spiro atoms. The molecule has 4 heteroatoms. The van der Waals surface area contributed by atoms with E-state index in [2.05, 4.69) is 5.32 Å². The molecular weight excluding hydrogens is 256 g/mol. The zero-order valence-corrected chi connectivity index (χ0v) is 11.8. The molecule has 3 rings (SSSR count). The van der Waals surface area contributed by atoms with Crippen molar-refractivity contribution >= 4 is 11.3 Å². The minimum Gasteiger partial charge on any atom is -0.508 e. The largest absolute Gasteiger partial charge is 0.508 e. The Labute approximate surface area is 117 Å². The van der Waals surface area contributed by atoms with Gasteiger partial charge in [-0.05, 0) is 50.6 Å². The molecule has 1 aromatic carbocycles. The van der Waals surface area contributed by atoms with Crippen molar-refractivity contribution in [1.29, 1.82) is 0 Å². The first-order valence-electron chi connectivity index (χ1n) is 6.71. The monoisotopic (exact) mass is 274 g/mol. The number of nitrogens with zero attached hydrogens (tertiary/aromatic N) is 1. The number of benzene rings is 1. The number of aromatic hydroxyl groups is 1. The van der Waals surface area contributed by atoms with Crippen molar-refractivity contribution in [3.63, 3.8) is 0 Å². The average molecular weight is 274 g/mol. The molecule has 1 aliphatic rings. The number of hydrogen-bond donors (Lipinski definition) is 2. The van der Waals surface area contributed by atoms with Crippen molar-refractivity contribution in [2.75, 3.05) is 13.6 Å². The highest BCUT2D eigenvalue weighted by molar-refractivity contribution is 7.15. The van der Waals surface area contributed by atoms with Crippen LogP contribution in [0.3, 0.4) is 0 Å². The van der Waals surface area contributed by atoms with Gasteiger partial charge in [0.15, 0.2) is 0 Å². The van der Waals surface area contributed by atoms with Crippen LogP contribution in [0.2, 0.25) is 0 Å². The van der Waals surface area contributed by atoms with Gasteiger partial charge in [0.2, 0.25) is 0 Å². The van der Waals surface area contributed by atoms with Crippen LogP contribution in [0, 0.1) is 0 Å². The summed E-state index contributed by atoms with van der Waals surface area (Å²) in [5, 5.41) is 13.7. The number of likely N-dealkylation sites (N-methyl/N-ethyl adjacent to an activating group) is 1. The van der Waals surface area contributed by atoms with Gasteiger partial charge >= 0.3 is 0 Å². The van der Waals surface area contributed by atoms with Gasteiger partial charge < -0.3 is 10.4 Å². The minimum atomic E-state index is 0.304. The predicted octanol–water partition coefficient (Wildman–Crippen LogP) is 3.16. The van der Waals surface area contributed by atoms with Gasteiger partial charge in [-0.15, -0.1) is 11.3 Å². The Balaban J connectivity index is 1.95. The molecule has 100 valence electrons. The van der Waals surface area contributed by atoms with Crippen molar-refractivity contribution < 1.29 is 5.11 Å². The number of nitrogens with one attached hydrogen (secondary N) is 1. The summed E-state index contributed by atoms with van der Waals surface area (Å²) in [6.45, 7) is 1.01. The summed E-state index contributed by atoms with van der Waals surface area (Å²) in [5.41, 5.74) is 2.38. The van der Waals surface area contributed by atoms with E-state index < -0.39 is 0 Å². The van der Waals surface area contributed by atoms with Crippen LogP contribution in [0.1, 0.15) is 29.3 Å². The fourth-order valence-electron chi connectivity index (χ4n) is 2.68. The van der Waals surface area contributed by atoms with Crippen molar-refractivity contribution in [3.8, 4) is 16.3 Å². The minimum absolute atomic E-state index is 0.304. The van der Waals surface area contributed by atoms with Crippen molar-refractivity contribution in [3.05, 3.63) is 34.8 Å². The predicted molar refractivity (Wildman–Crippen MR) is 78.8 cm³/mol. The Morgan fingerprint density at radius 1 is 1.37 bits per heavy atom. The van der Waals surface area contributed by atoms with E-state index in [1.165, 1.54) is 23.4 Å². The van der Waals surface area contributed by atoms with Crippen LogP contribution < -0.4 is 5.32 Å². The summed E-state index contributed by atoms with van der Waals surface area (Å²) in [7, 11) is 2.00.